The Morgan fingerprint density at radius 1 is 1.05 bits per heavy atom. The molecule has 1 aromatic heterocycles. The highest BCUT2D eigenvalue weighted by molar-refractivity contribution is 5.94. The second kappa shape index (κ2) is 12.1. The third-order valence-corrected chi connectivity index (χ3v) is 6.51. The molecule has 37 heavy (non-hydrogen) atoms. The predicted octanol–water partition coefficient (Wildman–Crippen LogP) is 5.09. The average Bonchev–Trinajstić information content (AvgIpc) is 3.37. The van der Waals surface area contributed by atoms with Crippen LogP contribution in [-0.2, 0) is 12.7 Å². The number of unbranched alkanes of at least 4 members (excludes halogenated alkanes) is 1. The topological polar surface area (TPSA) is 53.4 Å². The number of anilines is 1. The molecule has 1 saturated heterocycles. The zero-order valence-electron chi connectivity index (χ0n) is 20.8. The summed E-state index contributed by atoms with van der Waals surface area (Å²) >= 11 is 0. The summed E-state index contributed by atoms with van der Waals surface area (Å²) < 4.78 is 40.9. The smallest absolute Gasteiger partial charge is 0.369 e. The number of hydrogen-bond donors (Lipinski definition) is 1. The van der Waals surface area contributed by atoms with Gasteiger partial charge in [0.1, 0.15) is 0 Å². The van der Waals surface area contributed by atoms with Crippen LogP contribution < -0.4 is 10.2 Å². The molecule has 2 heterocycles. The Balaban J connectivity index is 1.14. The van der Waals surface area contributed by atoms with E-state index in [-0.39, 0.29) is 5.91 Å². The van der Waals surface area contributed by atoms with Gasteiger partial charge in [0.25, 0.3) is 5.91 Å². The molecule has 3 aromatic rings. The van der Waals surface area contributed by atoms with E-state index in [1.165, 1.54) is 12.1 Å². The van der Waals surface area contributed by atoms with Crippen LogP contribution in [0.5, 0.6) is 0 Å². The number of piperazine rings is 1. The summed E-state index contributed by atoms with van der Waals surface area (Å²) in [6, 6.07) is 12.9. The van der Waals surface area contributed by atoms with Gasteiger partial charge in [0.15, 0.2) is 0 Å². The molecule has 0 unspecified atom stereocenters. The van der Waals surface area contributed by atoms with E-state index in [0.29, 0.717) is 37.4 Å². The number of halogens is 3. The van der Waals surface area contributed by atoms with Crippen LogP contribution >= 0.6 is 0 Å². The number of amides is 1. The van der Waals surface area contributed by atoms with Crippen molar-refractivity contribution in [2.24, 2.45) is 0 Å². The molecule has 9 heteroatoms. The molecule has 196 valence electrons. The maximum absolute atomic E-state index is 13.0. The summed E-state index contributed by atoms with van der Waals surface area (Å²) in [5, 5.41) is 2.97. The first kappa shape index (κ1) is 26.5. The number of carbonyl (C=O) groups excluding carboxylic acids is 1. The maximum atomic E-state index is 13.0. The number of nitrogens with zero attached hydrogens (tertiary/aromatic N) is 4. The maximum Gasteiger partial charge on any atom is 0.416 e. The number of benzene rings is 2. The number of carbonyl (C=O) groups is 1. The van der Waals surface area contributed by atoms with Crippen molar-refractivity contribution in [3.05, 3.63) is 84.8 Å². The molecule has 0 spiro atoms. The van der Waals surface area contributed by atoms with Crippen molar-refractivity contribution in [2.75, 3.05) is 44.2 Å². The molecule has 0 radical (unpaired) electrons. The Labute approximate surface area is 215 Å². The van der Waals surface area contributed by atoms with Gasteiger partial charge in [0.05, 0.1) is 17.6 Å². The molecule has 1 N–H and O–H groups in total. The lowest BCUT2D eigenvalue weighted by atomic mass is 10.1. The number of alkyl halides is 3. The number of hydrogen-bond acceptors (Lipinski definition) is 4. The van der Waals surface area contributed by atoms with E-state index in [0.717, 1.165) is 49.8 Å². The van der Waals surface area contributed by atoms with Crippen molar-refractivity contribution in [1.29, 1.82) is 0 Å². The number of allylic oxidation sites excluding steroid dienone is 1. The van der Waals surface area contributed by atoms with E-state index in [2.05, 4.69) is 21.8 Å². The molecular formula is C28H32F3N5O. The van der Waals surface area contributed by atoms with Gasteiger partial charge in [-0.05, 0) is 49.7 Å². The van der Waals surface area contributed by atoms with Crippen LogP contribution in [0.1, 0.15) is 28.8 Å². The number of aromatic nitrogens is 2. The molecular weight excluding hydrogens is 479 g/mol. The van der Waals surface area contributed by atoms with Crippen LogP contribution in [0.15, 0.2) is 73.7 Å². The minimum absolute atomic E-state index is 0.0987. The summed E-state index contributed by atoms with van der Waals surface area (Å²) in [4.78, 5) is 21.2. The van der Waals surface area contributed by atoms with Gasteiger partial charge >= 0.3 is 6.18 Å². The summed E-state index contributed by atoms with van der Waals surface area (Å²) in [5.41, 5.74) is 2.42. The fraction of sp³-hybridized carbons (Fsp3) is 0.357. The van der Waals surface area contributed by atoms with Crippen molar-refractivity contribution < 1.29 is 18.0 Å². The second-order valence-electron chi connectivity index (χ2n) is 9.16. The van der Waals surface area contributed by atoms with E-state index in [1.807, 2.05) is 33.9 Å². The predicted molar refractivity (Wildman–Crippen MR) is 140 cm³/mol. The Hall–Kier alpha value is -3.59. The highest BCUT2D eigenvalue weighted by Gasteiger charge is 2.31. The summed E-state index contributed by atoms with van der Waals surface area (Å²) in [6.07, 6.45) is 2.99. The highest BCUT2D eigenvalue weighted by atomic mass is 19.4. The minimum Gasteiger partial charge on any atom is -0.369 e. The van der Waals surface area contributed by atoms with Gasteiger partial charge in [-0.15, -0.1) is 6.58 Å². The Kier molecular flexibility index (Phi) is 8.66. The zero-order chi connectivity index (χ0) is 26.3. The summed E-state index contributed by atoms with van der Waals surface area (Å²) in [6.45, 7) is 8.93. The largest absolute Gasteiger partial charge is 0.416 e. The van der Waals surface area contributed by atoms with Crippen LogP contribution in [0.2, 0.25) is 0 Å². The fourth-order valence-electron chi connectivity index (χ4n) is 4.42. The summed E-state index contributed by atoms with van der Waals surface area (Å²) in [7, 11) is 0. The molecule has 1 aliphatic rings. The van der Waals surface area contributed by atoms with Gasteiger partial charge < -0.3 is 14.8 Å². The van der Waals surface area contributed by atoms with Crippen molar-refractivity contribution in [2.45, 2.75) is 25.6 Å². The quantitative estimate of drug-likeness (QED) is 0.305. The molecule has 4 rings (SSSR count). The first-order chi connectivity index (χ1) is 17.8. The fourth-order valence-corrected chi connectivity index (χ4v) is 4.42. The van der Waals surface area contributed by atoms with Crippen LogP contribution in [0, 0.1) is 0 Å². The number of rotatable bonds is 10. The first-order valence-electron chi connectivity index (χ1n) is 12.5. The monoisotopic (exact) mass is 511 g/mol. The first-order valence-corrected chi connectivity index (χ1v) is 12.5. The molecule has 0 aliphatic carbocycles. The molecule has 1 fully saturated rings. The molecule has 0 saturated carbocycles. The highest BCUT2D eigenvalue weighted by Crippen LogP contribution is 2.31. The standard InChI is InChI=1S/C28H32F3N5O/c1-2-13-35-20-26(33-21-35)22-8-10-23(11-9-22)27(37)32-12-3-4-14-34-15-17-36(18-16-34)25-7-5-6-24(19-25)28(29,30)31/h2,5-11,19-21H,1,3-4,12-18H2,(H,32,37). The lowest BCUT2D eigenvalue weighted by molar-refractivity contribution is -0.137. The molecule has 1 aliphatic heterocycles. The zero-order valence-corrected chi connectivity index (χ0v) is 20.8. The van der Waals surface area contributed by atoms with E-state index >= 15 is 0 Å². The van der Waals surface area contributed by atoms with Crippen molar-refractivity contribution in [1.82, 2.24) is 19.8 Å². The molecule has 6 nitrogen and oxygen atoms in total. The SMILES string of the molecule is C=CCn1cnc(-c2ccc(C(=O)NCCCCN3CCN(c4cccc(C(F)(F)F)c4)CC3)cc2)c1. The van der Waals surface area contributed by atoms with Crippen LogP contribution in [0.4, 0.5) is 18.9 Å². The summed E-state index contributed by atoms with van der Waals surface area (Å²) in [5.74, 6) is -0.0987. The molecule has 1 amide bonds. The Bertz CT molecular complexity index is 1180. The Morgan fingerprint density at radius 2 is 1.81 bits per heavy atom. The number of imidazole rings is 1. The normalized spacial score (nSPS) is 14.5. The van der Waals surface area contributed by atoms with Gasteiger partial charge in [-0.1, -0.05) is 24.3 Å². The Morgan fingerprint density at radius 3 is 2.51 bits per heavy atom. The minimum atomic E-state index is -4.33. The van der Waals surface area contributed by atoms with E-state index in [4.69, 9.17) is 0 Å². The van der Waals surface area contributed by atoms with Crippen molar-refractivity contribution in [3.63, 3.8) is 0 Å². The average molecular weight is 512 g/mol. The second-order valence-corrected chi connectivity index (χ2v) is 9.16. The van der Waals surface area contributed by atoms with Crippen LogP contribution in [-0.4, -0.2) is 59.6 Å². The van der Waals surface area contributed by atoms with Gasteiger partial charge in [-0.2, -0.15) is 13.2 Å². The lowest BCUT2D eigenvalue weighted by Crippen LogP contribution is -2.46. The third-order valence-electron chi connectivity index (χ3n) is 6.51. The van der Waals surface area contributed by atoms with Gasteiger partial charge in [0.2, 0.25) is 0 Å². The molecule has 0 bridgehead atoms. The van der Waals surface area contributed by atoms with Gasteiger partial charge in [-0.3, -0.25) is 9.69 Å². The number of nitrogens with one attached hydrogen (secondary N) is 1. The van der Waals surface area contributed by atoms with Crippen LogP contribution in [0.25, 0.3) is 11.3 Å². The van der Waals surface area contributed by atoms with Crippen LogP contribution in [0.3, 0.4) is 0 Å². The van der Waals surface area contributed by atoms with Gasteiger partial charge in [-0.25, -0.2) is 4.98 Å². The molecule has 0 atom stereocenters. The van der Waals surface area contributed by atoms with E-state index < -0.39 is 11.7 Å². The van der Waals surface area contributed by atoms with Gasteiger partial charge in [0, 0.05) is 62.3 Å². The van der Waals surface area contributed by atoms with Crippen molar-refractivity contribution >= 4 is 11.6 Å². The van der Waals surface area contributed by atoms with Crippen molar-refractivity contribution in [3.8, 4) is 11.3 Å². The van der Waals surface area contributed by atoms with E-state index in [1.54, 1.807) is 24.5 Å². The molecule has 2 aromatic carbocycles. The lowest BCUT2D eigenvalue weighted by Gasteiger charge is -2.36. The van der Waals surface area contributed by atoms with E-state index in [9.17, 15) is 18.0 Å². The third kappa shape index (κ3) is 7.22.